The van der Waals surface area contributed by atoms with E-state index in [2.05, 4.69) is 15.2 Å². The molecule has 0 bridgehead atoms. The lowest BCUT2D eigenvalue weighted by atomic mass is 10.0. The molecular weight excluding hydrogens is 361 g/mol. The highest BCUT2D eigenvalue weighted by Crippen LogP contribution is 2.38. The second-order valence-corrected chi connectivity index (χ2v) is 6.57. The molecule has 28 heavy (non-hydrogen) atoms. The van der Waals surface area contributed by atoms with Gasteiger partial charge in [-0.15, -0.1) is 0 Å². The largest absolute Gasteiger partial charge is 0.496 e. The minimum Gasteiger partial charge on any atom is -0.496 e. The maximum atomic E-state index is 14.0. The summed E-state index contributed by atoms with van der Waals surface area (Å²) in [5.41, 5.74) is 2.66. The van der Waals surface area contributed by atoms with Crippen LogP contribution in [-0.4, -0.2) is 31.5 Å². The summed E-state index contributed by atoms with van der Waals surface area (Å²) in [4.78, 5) is 16.3. The summed E-state index contributed by atoms with van der Waals surface area (Å²) in [6, 6.07) is 7.25. The van der Waals surface area contributed by atoms with E-state index in [9.17, 15) is 9.18 Å². The van der Waals surface area contributed by atoms with Crippen LogP contribution in [0.4, 0.5) is 4.39 Å². The zero-order valence-corrected chi connectivity index (χ0v) is 15.6. The number of hydrogen-bond donors (Lipinski definition) is 0. The number of fused-ring (bicyclic) bond motifs is 1. The monoisotopic (exact) mass is 379 g/mol. The molecule has 0 unspecified atom stereocenters. The molecule has 3 heterocycles. The molecule has 0 saturated heterocycles. The average Bonchev–Trinajstić information content (AvgIpc) is 3.07. The van der Waals surface area contributed by atoms with Gasteiger partial charge in [-0.3, -0.25) is 9.78 Å². The smallest absolute Gasteiger partial charge is 0.267 e. The van der Waals surface area contributed by atoms with Gasteiger partial charge in [0.25, 0.3) is 5.56 Å². The second-order valence-electron chi connectivity index (χ2n) is 6.57. The third kappa shape index (κ3) is 2.92. The molecule has 142 valence electrons. The Kier molecular flexibility index (Phi) is 4.38. The van der Waals surface area contributed by atoms with Gasteiger partial charge in [-0.2, -0.15) is 10.2 Å². The molecule has 0 N–H and O–H groups in total. The summed E-state index contributed by atoms with van der Waals surface area (Å²) in [6.45, 7) is 3.76. The van der Waals surface area contributed by atoms with Crippen molar-refractivity contribution in [2.45, 2.75) is 19.9 Å². The quantitative estimate of drug-likeness (QED) is 0.544. The molecule has 0 spiro atoms. The Bertz CT molecular complexity index is 1230. The molecule has 7 nitrogen and oxygen atoms in total. The van der Waals surface area contributed by atoms with Crippen molar-refractivity contribution < 1.29 is 9.13 Å². The number of nitrogens with zero attached hydrogens (tertiary/aromatic N) is 5. The molecule has 0 aliphatic rings. The molecule has 0 saturated carbocycles. The van der Waals surface area contributed by atoms with E-state index in [1.807, 2.05) is 13.8 Å². The van der Waals surface area contributed by atoms with Gasteiger partial charge in [0.2, 0.25) is 0 Å². The van der Waals surface area contributed by atoms with Crippen LogP contribution in [0.3, 0.4) is 0 Å². The lowest BCUT2D eigenvalue weighted by molar-refractivity contribution is 0.415. The molecule has 4 aromatic rings. The van der Waals surface area contributed by atoms with Crippen LogP contribution in [0.2, 0.25) is 0 Å². The van der Waals surface area contributed by atoms with Crippen LogP contribution in [0, 0.1) is 5.82 Å². The number of benzene rings is 1. The predicted molar refractivity (Wildman–Crippen MR) is 103 cm³/mol. The highest BCUT2D eigenvalue weighted by molar-refractivity contribution is 5.91. The maximum Gasteiger partial charge on any atom is 0.267 e. The Labute approximate surface area is 160 Å². The molecule has 8 heteroatoms. The number of aromatic nitrogens is 5. The summed E-state index contributed by atoms with van der Waals surface area (Å²) in [6.07, 6.45) is 4.97. The number of methoxy groups -OCH3 is 1. The van der Waals surface area contributed by atoms with Gasteiger partial charge in [-0.25, -0.2) is 13.6 Å². The van der Waals surface area contributed by atoms with E-state index in [0.717, 1.165) is 0 Å². The molecular formula is C20H18FN5O2. The van der Waals surface area contributed by atoms with Crippen molar-refractivity contribution in [1.82, 2.24) is 24.4 Å². The Hall–Kier alpha value is -3.55. The van der Waals surface area contributed by atoms with Crippen LogP contribution >= 0.6 is 0 Å². The fourth-order valence-corrected chi connectivity index (χ4v) is 3.13. The average molecular weight is 379 g/mol. The van der Waals surface area contributed by atoms with Crippen molar-refractivity contribution in [3.8, 4) is 28.3 Å². The van der Waals surface area contributed by atoms with Gasteiger partial charge in [0.05, 0.1) is 36.1 Å². The van der Waals surface area contributed by atoms with E-state index in [-0.39, 0.29) is 11.6 Å². The standard InChI is InChI=1S/C20H18FN5O2/c1-12(2)26-18(27)7-5-15(23-26)19-16-11-22-8-9-25(16)24-20(19)14-10-13(21)4-6-17(14)28-3/h4-12H,1-3H3. The molecule has 0 fully saturated rings. The summed E-state index contributed by atoms with van der Waals surface area (Å²) in [5.74, 6) is 0.0771. The SMILES string of the molecule is COc1ccc(F)cc1-c1nn2ccncc2c1-c1ccc(=O)n(C(C)C)n1. The first-order valence-electron chi connectivity index (χ1n) is 8.76. The Morgan fingerprint density at radius 3 is 2.71 bits per heavy atom. The van der Waals surface area contributed by atoms with Crippen molar-refractivity contribution in [2.75, 3.05) is 7.11 Å². The molecule has 3 aromatic heterocycles. The molecule has 0 amide bonds. The summed E-state index contributed by atoms with van der Waals surface area (Å²) in [5, 5.41) is 9.13. The van der Waals surface area contributed by atoms with Gasteiger partial charge >= 0.3 is 0 Å². The molecule has 0 atom stereocenters. The van der Waals surface area contributed by atoms with Gasteiger partial charge in [0, 0.05) is 24.0 Å². The van der Waals surface area contributed by atoms with Crippen LogP contribution in [0.15, 0.2) is 53.7 Å². The lowest BCUT2D eigenvalue weighted by Gasteiger charge is -2.11. The van der Waals surface area contributed by atoms with Crippen molar-refractivity contribution in [1.29, 1.82) is 0 Å². The fraction of sp³-hybridized carbons (Fsp3) is 0.200. The minimum atomic E-state index is -0.406. The van der Waals surface area contributed by atoms with Crippen LogP contribution < -0.4 is 10.3 Å². The number of rotatable bonds is 4. The zero-order valence-electron chi connectivity index (χ0n) is 15.6. The Balaban J connectivity index is 2.07. The first kappa shape index (κ1) is 17.8. The number of hydrogen-bond acceptors (Lipinski definition) is 5. The topological polar surface area (TPSA) is 74.3 Å². The van der Waals surface area contributed by atoms with Crippen molar-refractivity contribution >= 4 is 5.52 Å². The number of ether oxygens (including phenoxy) is 1. The molecule has 4 rings (SSSR count). The fourth-order valence-electron chi connectivity index (χ4n) is 3.13. The van der Waals surface area contributed by atoms with Crippen LogP contribution in [-0.2, 0) is 0 Å². The molecule has 1 aromatic carbocycles. The van der Waals surface area contributed by atoms with Gasteiger partial charge in [0.15, 0.2) is 0 Å². The normalized spacial score (nSPS) is 11.3. The van der Waals surface area contributed by atoms with Crippen LogP contribution in [0.25, 0.3) is 28.0 Å². The Morgan fingerprint density at radius 1 is 1.14 bits per heavy atom. The molecule has 0 radical (unpaired) electrons. The van der Waals surface area contributed by atoms with Crippen LogP contribution in [0.1, 0.15) is 19.9 Å². The highest BCUT2D eigenvalue weighted by atomic mass is 19.1. The first-order valence-corrected chi connectivity index (χ1v) is 8.76. The van der Waals surface area contributed by atoms with Gasteiger partial charge in [0.1, 0.15) is 17.3 Å². The maximum absolute atomic E-state index is 14.0. The summed E-state index contributed by atoms with van der Waals surface area (Å²) < 4.78 is 22.5. The second kappa shape index (κ2) is 6.88. The van der Waals surface area contributed by atoms with Crippen molar-refractivity contribution in [3.63, 3.8) is 0 Å². The summed E-state index contributed by atoms with van der Waals surface area (Å²) in [7, 11) is 1.52. The Morgan fingerprint density at radius 2 is 1.96 bits per heavy atom. The van der Waals surface area contributed by atoms with E-state index in [1.54, 1.807) is 35.2 Å². The first-order chi connectivity index (χ1) is 13.5. The number of halogens is 1. The third-order valence-electron chi connectivity index (χ3n) is 4.43. The predicted octanol–water partition coefficient (Wildman–Crippen LogP) is 3.35. The molecule has 0 aliphatic carbocycles. The highest BCUT2D eigenvalue weighted by Gasteiger charge is 2.22. The van der Waals surface area contributed by atoms with Gasteiger partial charge in [-0.1, -0.05) is 0 Å². The van der Waals surface area contributed by atoms with Gasteiger partial charge < -0.3 is 4.74 Å². The molecule has 0 aliphatic heterocycles. The van der Waals surface area contributed by atoms with E-state index in [0.29, 0.717) is 33.8 Å². The van der Waals surface area contributed by atoms with E-state index in [1.165, 1.54) is 30.0 Å². The van der Waals surface area contributed by atoms with E-state index >= 15 is 0 Å². The van der Waals surface area contributed by atoms with Crippen molar-refractivity contribution in [2.24, 2.45) is 0 Å². The summed E-state index contributed by atoms with van der Waals surface area (Å²) >= 11 is 0. The van der Waals surface area contributed by atoms with E-state index < -0.39 is 5.82 Å². The van der Waals surface area contributed by atoms with Gasteiger partial charge in [-0.05, 0) is 38.1 Å². The zero-order chi connectivity index (χ0) is 19.8. The third-order valence-corrected chi connectivity index (χ3v) is 4.43. The van der Waals surface area contributed by atoms with Crippen molar-refractivity contribution in [3.05, 3.63) is 65.1 Å². The minimum absolute atomic E-state index is 0.112. The lowest BCUT2D eigenvalue weighted by Crippen LogP contribution is -2.23. The van der Waals surface area contributed by atoms with E-state index in [4.69, 9.17) is 4.74 Å². The van der Waals surface area contributed by atoms with Crippen LogP contribution in [0.5, 0.6) is 5.75 Å².